The van der Waals surface area contributed by atoms with E-state index in [1.807, 2.05) is 77.8 Å². The van der Waals surface area contributed by atoms with E-state index < -0.39 is 0 Å². The zero-order chi connectivity index (χ0) is 22.2. The molecule has 1 aliphatic heterocycles. The minimum absolute atomic E-state index is 0.0599. The highest BCUT2D eigenvalue weighted by atomic mass is 16.2. The van der Waals surface area contributed by atoms with Crippen molar-refractivity contribution in [1.82, 2.24) is 20.1 Å². The van der Waals surface area contributed by atoms with Gasteiger partial charge in [-0.1, -0.05) is 54.6 Å². The van der Waals surface area contributed by atoms with Gasteiger partial charge in [0.05, 0.1) is 18.2 Å². The number of aromatic nitrogens is 1. The average Bonchev–Trinajstić information content (AvgIpc) is 2.85. The number of nitrogens with zero attached hydrogens (tertiary/aromatic N) is 3. The molecule has 0 radical (unpaired) electrons. The molecule has 1 aliphatic rings. The van der Waals surface area contributed by atoms with Crippen molar-refractivity contribution in [2.24, 2.45) is 0 Å². The van der Waals surface area contributed by atoms with Gasteiger partial charge in [0.15, 0.2) is 0 Å². The van der Waals surface area contributed by atoms with Crippen LogP contribution in [-0.4, -0.2) is 52.8 Å². The van der Waals surface area contributed by atoms with Gasteiger partial charge in [-0.15, -0.1) is 0 Å². The molecule has 1 saturated heterocycles. The molecule has 2 amide bonds. The van der Waals surface area contributed by atoms with E-state index in [2.05, 4.69) is 15.2 Å². The van der Waals surface area contributed by atoms with Gasteiger partial charge in [-0.2, -0.15) is 0 Å². The molecule has 1 unspecified atom stereocenters. The minimum Gasteiger partial charge on any atom is -0.345 e. The highest BCUT2D eigenvalue weighted by Crippen LogP contribution is 2.20. The molecule has 0 aliphatic carbocycles. The standard InChI is InChI=1S/C26H28N4O2/c31-25(30-17-15-29(16-18-30)20-23-13-7-8-14-27-23)19-24(21-9-3-1-4-10-21)28-26(32)22-11-5-2-6-12-22/h1-14,24H,15-20H2,(H,28,32). The summed E-state index contributed by atoms with van der Waals surface area (Å²) in [7, 11) is 0. The Morgan fingerprint density at radius 2 is 1.50 bits per heavy atom. The van der Waals surface area contributed by atoms with Crippen molar-refractivity contribution in [3.8, 4) is 0 Å². The van der Waals surface area contributed by atoms with Crippen LogP contribution in [0.1, 0.15) is 34.1 Å². The first-order valence-electron chi connectivity index (χ1n) is 11.0. The predicted molar refractivity (Wildman–Crippen MR) is 124 cm³/mol. The Hall–Kier alpha value is -3.51. The molecule has 1 atom stereocenters. The lowest BCUT2D eigenvalue weighted by atomic mass is 10.0. The van der Waals surface area contributed by atoms with Crippen molar-refractivity contribution in [3.05, 3.63) is 102 Å². The highest BCUT2D eigenvalue weighted by Gasteiger charge is 2.25. The second-order valence-corrected chi connectivity index (χ2v) is 7.98. The molecule has 4 rings (SSSR count). The van der Waals surface area contributed by atoms with Gasteiger partial charge in [0.2, 0.25) is 5.91 Å². The number of pyridine rings is 1. The minimum atomic E-state index is -0.372. The summed E-state index contributed by atoms with van der Waals surface area (Å²) in [5.74, 6) is -0.114. The van der Waals surface area contributed by atoms with E-state index in [0.717, 1.165) is 30.9 Å². The molecule has 1 N–H and O–H groups in total. The van der Waals surface area contributed by atoms with Crippen LogP contribution >= 0.6 is 0 Å². The molecule has 1 aromatic heterocycles. The van der Waals surface area contributed by atoms with Gasteiger partial charge in [-0.25, -0.2) is 0 Å². The Labute approximate surface area is 188 Å². The van der Waals surface area contributed by atoms with Crippen molar-refractivity contribution < 1.29 is 9.59 Å². The fourth-order valence-corrected chi connectivity index (χ4v) is 3.95. The average molecular weight is 429 g/mol. The van der Waals surface area contributed by atoms with E-state index in [1.165, 1.54) is 0 Å². The molecule has 2 heterocycles. The highest BCUT2D eigenvalue weighted by molar-refractivity contribution is 5.94. The second kappa shape index (κ2) is 10.7. The molecule has 6 heteroatoms. The normalized spacial score (nSPS) is 15.2. The SMILES string of the molecule is O=C(NC(CC(=O)N1CCN(Cc2ccccn2)CC1)c1ccccc1)c1ccccc1. The Morgan fingerprint density at radius 1 is 0.844 bits per heavy atom. The maximum atomic E-state index is 13.1. The Kier molecular flexibility index (Phi) is 7.25. The van der Waals surface area contributed by atoms with Crippen LogP contribution < -0.4 is 5.32 Å². The number of piperazine rings is 1. The summed E-state index contributed by atoms with van der Waals surface area (Å²) in [6.45, 7) is 3.78. The fourth-order valence-electron chi connectivity index (χ4n) is 3.95. The first kappa shape index (κ1) is 21.7. The van der Waals surface area contributed by atoms with Gasteiger partial charge in [-0.05, 0) is 29.8 Å². The number of hydrogen-bond donors (Lipinski definition) is 1. The number of carbonyl (C=O) groups is 2. The molecule has 0 saturated carbocycles. The van der Waals surface area contributed by atoms with Crippen LogP contribution in [-0.2, 0) is 11.3 Å². The van der Waals surface area contributed by atoms with E-state index in [0.29, 0.717) is 18.7 Å². The van der Waals surface area contributed by atoms with Crippen molar-refractivity contribution in [3.63, 3.8) is 0 Å². The maximum Gasteiger partial charge on any atom is 0.251 e. The van der Waals surface area contributed by atoms with E-state index in [1.54, 1.807) is 12.1 Å². The maximum absolute atomic E-state index is 13.1. The molecule has 0 bridgehead atoms. The van der Waals surface area contributed by atoms with E-state index in [9.17, 15) is 9.59 Å². The van der Waals surface area contributed by atoms with E-state index in [4.69, 9.17) is 0 Å². The van der Waals surface area contributed by atoms with Crippen LogP contribution in [0.15, 0.2) is 85.1 Å². The molecular formula is C26H28N4O2. The lowest BCUT2D eigenvalue weighted by Gasteiger charge is -2.35. The summed E-state index contributed by atoms with van der Waals surface area (Å²) in [5, 5.41) is 3.06. The molecule has 0 spiro atoms. The van der Waals surface area contributed by atoms with Crippen LogP contribution in [0.3, 0.4) is 0 Å². The smallest absolute Gasteiger partial charge is 0.251 e. The number of nitrogens with one attached hydrogen (secondary N) is 1. The summed E-state index contributed by atoms with van der Waals surface area (Å²) in [5.41, 5.74) is 2.56. The Morgan fingerprint density at radius 3 is 2.16 bits per heavy atom. The van der Waals surface area contributed by atoms with Gasteiger partial charge < -0.3 is 10.2 Å². The van der Waals surface area contributed by atoms with Crippen LogP contribution in [0.2, 0.25) is 0 Å². The fraction of sp³-hybridized carbons (Fsp3) is 0.269. The molecule has 32 heavy (non-hydrogen) atoms. The number of benzene rings is 2. The third-order valence-electron chi connectivity index (χ3n) is 5.76. The number of carbonyl (C=O) groups excluding carboxylic acids is 2. The van der Waals surface area contributed by atoms with Crippen molar-refractivity contribution in [2.75, 3.05) is 26.2 Å². The van der Waals surface area contributed by atoms with Crippen LogP contribution in [0, 0.1) is 0 Å². The van der Waals surface area contributed by atoms with Gasteiger partial charge in [0, 0.05) is 44.5 Å². The van der Waals surface area contributed by atoms with Gasteiger partial charge in [-0.3, -0.25) is 19.5 Å². The summed E-state index contributed by atoms with van der Waals surface area (Å²) in [6, 6.07) is 24.4. The first-order valence-corrected chi connectivity index (χ1v) is 11.0. The second-order valence-electron chi connectivity index (χ2n) is 7.98. The molecule has 2 aromatic carbocycles. The van der Waals surface area contributed by atoms with Crippen LogP contribution in [0.25, 0.3) is 0 Å². The third kappa shape index (κ3) is 5.80. The number of hydrogen-bond acceptors (Lipinski definition) is 4. The number of amides is 2. The zero-order valence-corrected chi connectivity index (χ0v) is 18.1. The molecule has 164 valence electrons. The first-order chi connectivity index (χ1) is 15.7. The van der Waals surface area contributed by atoms with Crippen LogP contribution in [0.4, 0.5) is 0 Å². The quantitative estimate of drug-likeness (QED) is 0.627. The summed E-state index contributed by atoms with van der Waals surface area (Å²) in [6.07, 6.45) is 2.05. The molecule has 3 aromatic rings. The van der Waals surface area contributed by atoms with E-state index >= 15 is 0 Å². The third-order valence-corrected chi connectivity index (χ3v) is 5.76. The summed E-state index contributed by atoms with van der Waals surface area (Å²) >= 11 is 0. The molecule has 1 fully saturated rings. The molecule has 6 nitrogen and oxygen atoms in total. The van der Waals surface area contributed by atoms with Gasteiger partial charge in [0.1, 0.15) is 0 Å². The molecular weight excluding hydrogens is 400 g/mol. The topological polar surface area (TPSA) is 65.5 Å². The lowest BCUT2D eigenvalue weighted by molar-refractivity contribution is -0.133. The van der Waals surface area contributed by atoms with E-state index in [-0.39, 0.29) is 24.3 Å². The van der Waals surface area contributed by atoms with Crippen molar-refractivity contribution in [1.29, 1.82) is 0 Å². The summed E-state index contributed by atoms with van der Waals surface area (Å²) < 4.78 is 0. The van der Waals surface area contributed by atoms with Gasteiger partial charge in [0.25, 0.3) is 5.91 Å². The monoisotopic (exact) mass is 428 g/mol. The van der Waals surface area contributed by atoms with Crippen molar-refractivity contribution in [2.45, 2.75) is 19.0 Å². The van der Waals surface area contributed by atoms with Crippen molar-refractivity contribution >= 4 is 11.8 Å². The number of rotatable bonds is 7. The largest absolute Gasteiger partial charge is 0.345 e. The zero-order valence-electron chi connectivity index (χ0n) is 18.1. The Bertz CT molecular complexity index is 1000. The Balaban J connectivity index is 1.37. The van der Waals surface area contributed by atoms with Gasteiger partial charge >= 0.3 is 0 Å². The summed E-state index contributed by atoms with van der Waals surface area (Å²) in [4.78, 5) is 34.5. The predicted octanol–water partition coefficient (Wildman–Crippen LogP) is 3.29. The lowest BCUT2D eigenvalue weighted by Crippen LogP contribution is -2.49. The van der Waals surface area contributed by atoms with Crippen LogP contribution in [0.5, 0.6) is 0 Å².